The molecule has 0 radical (unpaired) electrons. The number of aromatic nitrogens is 2. The van der Waals surface area contributed by atoms with Crippen LogP contribution in [0.1, 0.15) is 36.7 Å². The molecule has 5 heteroatoms. The summed E-state index contributed by atoms with van der Waals surface area (Å²) in [6.45, 7) is 10.2. The topological polar surface area (TPSA) is 53.3 Å². The smallest absolute Gasteiger partial charge is 0.0646 e. The third-order valence-corrected chi connectivity index (χ3v) is 5.31. The SMILES string of the molecule is Cc1nn(CCO)c(C)c1CNc1cccc(N2CCC(C)CC2)c1. The van der Waals surface area contributed by atoms with Crippen molar-refractivity contribution in [1.29, 1.82) is 0 Å². The van der Waals surface area contributed by atoms with Crippen LogP contribution in [0.5, 0.6) is 0 Å². The maximum Gasteiger partial charge on any atom is 0.0646 e. The lowest BCUT2D eigenvalue weighted by Gasteiger charge is -2.32. The summed E-state index contributed by atoms with van der Waals surface area (Å²) in [5, 5.41) is 17.2. The van der Waals surface area contributed by atoms with Crippen LogP contribution in [0.4, 0.5) is 11.4 Å². The molecule has 136 valence electrons. The van der Waals surface area contributed by atoms with Gasteiger partial charge in [0, 0.05) is 42.3 Å². The molecule has 0 unspecified atom stereocenters. The van der Waals surface area contributed by atoms with Crippen LogP contribution in [-0.2, 0) is 13.1 Å². The van der Waals surface area contributed by atoms with Crippen molar-refractivity contribution in [2.24, 2.45) is 5.92 Å². The first kappa shape index (κ1) is 17.8. The Bertz CT molecular complexity index is 702. The van der Waals surface area contributed by atoms with Crippen molar-refractivity contribution < 1.29 is 5.11 Å². The van der Waals surface area contributed by atoms with Gasteiger partial charge in [0.05, 0.1) is 18.8 Å². The molecular weight excluding hydrogens is 312 g/mol. The molecule has 0 saturated carbocycles. The number of hydrogen-bond donors (Lipinski definition) is 2. The number of hydrogen-bond acceptors (Lipinski definition) is 4. The van der Waals surface area contributed by atoms with Crippen molar-refractivity contribution >= 4 is 11.4 Å². The highest BCUT2D eigenvalue weighted by atomic mass is 16.3. The molecular formula is C20H30N4O. The Morgan fingerprint density at radius 2 is 2.00 bits per heavy atom. The molecule has 1 aliphatic rings. The number of aliphatic hydroxyl groups excluding tert-OH is 1. The van der Waals surface area contributed by atoms with Gasteiger partial charge in [0.1, 0.15) is 0 Å². The van der Waals surface area contributed by atoms with Crippen LogP contribution >= 0.6 is 0 Å². The Hall–Kier alpha value is -2.01. The number of nitrogens with one attached hydrogen (secondary N) is 1. The molecule has 1 aliphatic heterocycles. The van der Waals surface area contributed by atoms with E-state index in [-0.39, 0.29) is 6.61 Å². The largest absolute Gasteiger partial charge is 0.394 e. The van der Waals surface area contributed by atoms with E-state index in [9.17, 15) is 0 Å². The second-order valence-corrected chi connectivity index (χ2v) is 7.17. The van der Waals surface area contributed by atoms with Gasteiger partial charge in [-0.15, -0.1) is 0 Å². The van der Waals surface area contributed by atoms with Gasteiger partial charge in [-0.1, -0.05) is 13.0 Å². The Labute approximate surface area is 150 Å². The van der Waals surface area contributed by atoms with Gasteiger partial charge in [0.25, 0.3) is 0 Å². The highest BCUT2D eigenvalue weighted by Crippen LogP contribution is 2.25. The number of benzene rings is 1. The summed E-state index contributed by atoms with van der Waals surface area (Å²) in [6, 6.07) is 8.71. The molecule has 2 N–H and O–H groups in total. The third-order valence-electron chi connectivity index (χ3n) is 5.31. The van der Waals surface area contributed by atoms with Gasteiger partial charge in [-0.2, -0.15) is 5.10 Å². The zero-order chi connectivity index (χ0) is 17.8. The highest BCUT2D eigenvalue weighted by molar-refractivity contribution is 5.58. The van der Waals surface area contributed by atoms with E-state index in [1.807, 2.05) is 11.6 Å². The fourth-order valence-corrected chi connectivity index (χ4v) is 3.57. The molecule has 2 aromatic rings. The third kappa shape index (κ3) is 4.15. The Morgan fingerprint density at radius 1 is 1.24 bits per heavy atom. The van der Waals surface area contributed by atoms with E-state index >= 15 is 0 Å². The minimum Gasteiger partial charge on any atom is -0.394 e. The number of aliphatic hydroxyl groups is 1. The van der Waals surface area contributed by atoms with Crippen molar-refractivity contribution in [3.63, 3.8) is 0 Å². The predicted octanol–water partition coefficient (Wildman–Crippen LogP) is 3.34. The minimum atomic E-state index is 0.116. The predicted molar refractivity (Wildman–Crippen MR) is 103 cm³/mol. The molecule has 3 rings (SSSR count). The lowest BCUT2D eigenvalue weighted by molar-refractivity contribution is 0.268. The molecule has 1 aromatic heterocycles. The average Bonchev–Trinajstić information content (AvgIpc) is 2.88. The minimum absolute atomic E-state index is 0.116. The highest BCUT2D eigenvalue weighted by Gasteiger charge is 2.16. The molecule has 0 aliphatic carbocycles. The van der Waals surface area contributed by atoms with Crippen LogP contribution in [0.15, 0.2) is 24.3 Å². The molecule has 1 fully saturated rings. The van der Waals surface area contributed by atoms with Crippen molar-refractivity contribution in [1.82, 2.24) is 9.78 Å². The summed E-state index contributed by atoms with van der Waals surface area (Å²) in [6.07, 6.45) is 2.56. The van der Waals surface area contributed by atoms with Gasteiger partial charge in [-0.05, 0) is 50.8 Å². The summed E-state index contributed by atoms with van der Waals surface area (Å²) in [7, 11) is 0. The van der Waals surface area contributed by atoms with Gasteiger partial charge in [-0.3, -0.25) is 4.68 Å². The summed E-state index contributed by atoms with van der Waals surface area (Å²) >= 11 is 0. The van der Waals surface area contributed by atoms with Gasteiger partial charge in [0.15, 0.2) is 0 Å². The Balaban J connectivity index is 1.67. The van der Waals surface area contributed by atoms with Crippen LogP contribution in [0.3, 0.4) is 0 Å². The fraction of sp³-hybridized carbons (Fsp3) is 0.550. The molecule has 0 amide bonds. The van der Waals surface area contributed by atoms with E-state index in [0.717, 1.165) is 42.6 Å². The maximum absolute atomic E-state index is 9.14. The molecule has 0 spiro atoms. The van der Waals surface area contributed by atoms with Crippen LogP contribution in [0, 0.1) is 19.8 Å². The van der Waals surface area contributed by atoms with Crippen molar-refractivity contribution in [3.05, 3.63) is 41.2 Å². The molecule has 1 aromatic carbocycles. The van der Waals surface area contributed by atoms with Crippen LogP contribution in [0.25, 0.3) is 0 Å². The molecule has 0 atom stereocenters. The number of aryl methyl sites for hydroxylation is 1. The van der Waals surface area contributed by atoms with Gasteiger partial charge >= 0.3 is 0 Å². The van der Waals surface area contributed by atoms with E-state index in [2.05, 4.69) is 53.4 Å². The molecule has 25 heavy (non-hydrogen) atoms. The number of anilines is 2. The summed E-state index contributed by atoms with van der Waals surface area (Å²) in [5.41, 5.74) is 5.82. The van der Waals surface area contributed by atoms with Gasteiger partial charge < -0.3 is 15.3 Å². The first-order chi connectivity index (χ1) is 12.1. The summed E-state index contributed by atoms with van der Waals surface area (Å²) in [4.78, 5) is 2.49. The monoisotopic (exact) mass is 342 g/mol. The van der Waals surface area contributed by atoms with E-state index in [1.54, 1.807) is 0 Å². The Kier molecular flexibility index (Phi) is 5.63. The molecule has 2 heterocycles. The second-order valence-electron chi connectivity index (χ2n) is 7.17. The average molecular weight is 342 g/mol. The lowest BCUT2D eigenvalue weighted by atomic mass is 9.99. The lowest BCUT2D eigenvalue weighted by Crippen LogP contribution is -2.32. The number of nitrogens with zero attached hydrogens (tertiary/aromatic N) is 3. The van der Waals surface area contributed by atoms with Gasteiger partial charge in [0.2, 0.25) is 0 Å². The Morgan fingerprint density at radius 3 is 2.72 bits per heavy atom. The van der Waals surface area contributed by atoms with Crippen molar-refractivity contribution in [3.8, 4) is 0 Å². The molecule has 1 saturated heterocycles. The first-order valence-corrected chi connectivity index (χ1v) is 9.31. The standard InChI is InChI=1S/C20H30N4O/c1-15-7-9-23(10-8-15)19-6-4-5-18(13-19)21-14-20-16(2)22-24(11-12-25)17(20)3/h4-6,13,15,21,25H,7-12,14H2,1-3H3. The van der Waals surface area contributed by atoms with Crippen molar-refractivity contribution in [2.75, 3.05) is 29.9 Å². The zero-order valence-corrected chi connectivity index (χ0v) is 15.6. The van der Waals surface area contributed by atoms with E-state index < -0.39 is 0 Å². The van der Waals surface area contributed by atoms with E-state index in [0.29, 0.717) is 6.54 Å². The first-order valence-electron chi connectivity index (χ1n) is 9.31. The zero-order valence-electron chi connectivity index (χ0n) is 15.6. The summed E-state index contributed by atoms with van der Waals surface area (Å²) < 4.78 is 1.89. The van der Waals surface area contributed by atoms with Crippen LogP contribution in [0.2, 0.25) is 0 Å². The van der Waals surface area contributed by atoms with E-state index in [4.69, 9.17) is 5.11 Å². The number of rotatable bonds is 6. The van der Waals surface area contributed by atoms with Crippen molar-refractivity contribution in [2.45, 2.75) is 46.7 Å². The summed E-state index contributed by atoms with van der Waals surface area (Å²) in [5.74, 6) is 0.846. The van der Waals surface area contributed by atoms with Gasteiger partial charge in [-0.25, -0.2) is 0 Å². The number of piperidine rings is 1. The maximum atomic E-state index is 9.14. The normalized spacial score (nSPS) is 15.6. The quantitative estimate of drug-likeness (QED) is 0.845. The molecule has 5 nitrogen and oxygen atoms in total. The molecule has 0 bridgehead atoms. The van der Waals surface area contributed by atoms with Crippen LogP contribution in [-0.4, -0.2) is 34.6 Å². The van der Waals surface area contributed by atoms with E-state index in [1.165, 1.54) is 24.1 Å². The van der Waals surface area contributed by atoms with Crippen LogP contribution < -0.4 is 10.2 Å². The second kappa shape index (κ2) is 7.91. The fourth-order valence-electron chi connectivity index (χ4n) is 3.57.